The zero-order valence-electron chi connectivity index (χ0n) is 15.6. The lowest BCUT2D eigenvalue weighted by Crippen LogP contribution is -2.49. The maximum Gasteiger partial charge on any atom is 0.226 e. The molecule has 4 rings (SSSR count). The molecule has 1 saturated carbocycles. The molecule has 2 atom stereocenters. The molecule has 1 aromatic carbocycles. The van der Waals surface area contributed by atoms with Crippen LogP contribution in [0.4, 0.5) is 5.82 Å². The van der Waals surface area contributed by atoms with E-state index in [9.17, 15) is 4.79 Å². The van der Waals surface area contributed by atoms with Crippen LogP contribution in [0.1, 0.15) is 43.2 Å². The molecule has 2 aromatic rings. The van der Waals surface area contributed by atoms with Gasteiger partial charge in [-0.05, 0) is 41.5 Å². The molecule has 1 aliphatic carbocycles. The van der Waals surface area contributed by atoms with Gasteiger partial charge in [-0.3, -0.25) is 4.79 Å². The SMILES string of the molecule is CC(C)c1ccc([C@@H]2C[C@@H]2C(=O)N2CCN(c3ccccn3)CC2)cc1. The van der Waals surface area contributed by atoms with E-state index < -0.39 is 0 Å². The Morgan fingerprint density at radius 3 is 2.38 bits per heavy atom. The largest absolute Gasteiger partial charge is 0.353 e. The second kappa shape index (κ2) is 7.10. The molecule has 0 unspecified atom stereocenters. The van der Waals surface area contributed by atoms with Crippen molar-refractivity contribution in [2.75, 3.05) is 31.1 Å². The molecule has 1 amide bonds. The van der Waals surface area contributed by atoms with Crippen molar-refractivity contribution in [2.45, 2.75) is 32.1 Å². The van der Waals surface area contributed by atoms with Gasteiger partial charge in [-0.25, -0.2) is 4.98 Å². The van der Waals surface area contributed by atoms with E-state index in [4.69, 9.17) is 0 Å². The fourth-order valence-corrected chi connectivity index (χ4v) is 3.90. The van der Waals surface area contributed by atoms with Crippen molar-refractivity contribution < 1.29 is 4.79 Å². The van der Waals surface area contributed by atoms with Gasteiger partial charge in [0.1, 0.15) is 5.82 Å². The number of carbonyl (C=O) groups excluding carboxylic acids is 1. The molecule has 136 valence electrons. The highest BCUT2D eigenvalue weighted by Crippen LogP contribution is 2.48. The highest BCUT2D eigenvalue weighted by atomic mass is 16.2. The molecule has 1 aliphatic heterocycles. The summed E-state index contributed by atoms with van der Waals surface area (Å²) in [6.07, 6.45) is 2.83. The van der Waals surface area contributed by atoms with E-state index in [0.717, 1.165) is 38.4 Å². The monoisotopic (exact) mass is 349 g/mol. The zero-order chi connectivity index (χ0) is 18.1. The van der Waals surface area contributed by atoms with Crippen LogP contribution < -0.4 is 4.90 Å². The normalized spacial score (nSPS) is 22.6. The number of carbonyl (C=O) groups is 1. The van der Waals surface area contributed by atoms with Crippen LogP contribution in [0.15, 0.2) is 48.7 Å². The summed E-state index contributed by atoms with van der Waals surface area (Å²) in [4.78, 5) is 21.6. The zero-order valence-corrected chi connectivity index (χ0v) is 15.6. The van der Waals surface area contributed by atoms with Gasteiger partial charge in [0.05, 0.1) is 0 Å². The number of pyridine rings is 1. The lowest BCUT2D eigenvalue weighted by molar-refractivity contribution is -0.133. The number of hydrogen-bond acceptors (Lipinski definition) is 3. The molecule has 0 radical (unpaired) electrons. The number of hydrogen-bond donors (Lipinski definition) is 0. The van der Waals surface area contributed by atoms with Gasteiger partial charge in [0.2, 0.25) is 5.91 Å². The van der Waals surface area contributed by atoms with Crippen LogP contribution in [-0.2, 0) is 4.79 Å². The molecule has 0 spiro atoms. The Morgan fingerprint density at radius 1 is 1.04 bits per heavy atom. The van der Waals surface area contributed by atoms with Crippen molar-refractivity contribution in [3.63, 3.8) is 0 Å². The number of amides is 1. The summed E-state index contributed by atoms with van der Waals surface area (Å²) in [5.74, 6) is 2.49. The number of anilines is 1. The first-order chi connectivity index (χ1) is 12.6. The van der Waals surface area contributed by atoms with Crippen LogP contribution in [0.5, 0.6) is 0 Å². The summed E-state index contributed by atoms with van der Waals surface area (Å²) in [6.45, 7) is 7.74. The molecular weight excluding hydrogens is 322 g/mol. The number of piperazine rings is 1. The van der Waals surface area contributed by atoms with Gasteiger partial charge in [0.25, 0.3) is 0 Å². The Balaban J connectivity index is 1.32. The van der Waals surface area contributed by atoms with E-state index in [-0.39, 0.29) is 5.92 Å². The van der Waals surface area contributed by atoms with Crippen LogP contribution in [0.2, 0.25) is 0 Å². The van der Waals surface area contributed by atoms with E-state index in [1.807, 2.05) is 29.3 Å². The van der Waals surface area contributed by atoms with Crippen LogP contribution >= 0.6 is 0 Å². The standard InChI is InChI=1S/C22H27N3O/c1-16(2)17-6-8-18(9-7-17)19-15-20(19)22(26)25-13-11-24(12-14-25)21-5-3-4-10-23-21/h3-10,16,19-20H,11-15H2,1-2H3/t19-,20-/m0/s1. The van der Waals surface area contributed by atoms with Gasteiger partial charge in [-0.2, -0.15) is 0 Å². The van der Waals surface area contributed by atoms with Crippen molar-refractivity contribution in [2.24, 2.45) is 5.92 Å². The Hall–Kier alpha value is -2.36. The molecule has 26 heavy (non-hydrogen) atoms. The number of nitrogens with zero attached hydrogens (tertiary/aromatic N) is 3. The third-order valence-electron chi connectivity index (χ3n) is 5.70. The quantitative estimate of drug-likeness (QED) is 0.845. The topological polar surface area (TPSA) is 36.4 Å². The molecule has 0 N–H and O–H groups in total. The minimum Gasteiger partial charge on any atom is -0.353 e. The maximum atomic E-state index is 12.9. The first-order valence-corrected chi connectivity index (χ1v) is 9.68. The lowest BCUT2D eigenvalue weighted by Gasteiger charge is -2.35. The molecule has 2 fully saturated rings. The van der Waals surface area contributed by atoms with Crippen LogP contribution in [0.3, 0.4) is 0 Å². The van der Waals surface area contributed by atoms with Crippen LogP contribution in [-0.4, -0.2) is 42.0 Å². The molecule has 0 bridgehead atoms. The Labute approximate surface area is 155 Å². The van der Waals surface area contributed by atoms with Crippen molar-refractivity contribution in [3.8, 4) is 0 Å². The summed E-state index contributed by atoms with van der Waals surface area (Å²) >= 11 is 0. The predicted molar refractivity (Wildman–Crippen MR) is 104 cm³/mol. The van der Waals surface area contributed by atoms with Gasteiger partial charge in [0, 0.05) is 38.3 Å². The Kier molecular flexibility index (Phi) is 4.66. The second-order valence-corrected chi connectivity index (χ2v) is 7.77. The first-order valence-electron chi connectivity index (χ1n) is 9.68. The fraction of sp³-hybridized carbons (Fsp3) is 0.455. The van der Waals surface area contributed by atoms with Gasteiger partial charge in [0.15, 0.2) is 0 Å². The lowest BCUT2D eigenvalue weighted by atomic mass is 10.00. The van der Waals surface area contributed by atoms with E-state index in [0.29, 0.717) is 17.7 Å². The summed E-state index contributed by atoms with van der Waals surface area (Å²) in [6, 6.07) is 14.8. The van der Waals surface area contributed by atoms with E-state index in [1.165, 1.54) is 11.1 Å². The molecule has 2 heterocycles. The summed E-state index contributed by atoms with van der Waals surface area (Å²) in [5.41, 5.74) is 2.68. The summed E-state index contributed by atoms with van der Waals surface area (Å²) < 4.78 is 0. The fourth-order valence-electron chi connectivity index (χ4n) is 3.90. The van der Waals surface area contributed by atoms with E-state index in [2.05, 4.69) is 48.0 Å². The number of aromatic nitrogens is 1. The van der Waals surface area contributed by atoms with Crippen molar-refractivity contribution in [3.05, 3.63) is 59.8 Å². The number of benzene rings is 1. The number of rotatable bonds is 4. The molecule has 4 heteroatoms. The third kappa shape index (κ3) is 3.46. The average molecular weight is 349 g/mol. The van der Waals surface area contributed by atoms with Crippen molar-refractivity contribution in [1.29, 1.82) is 0 Å². The minimum atomic E-state index is 0.182. The van der Waals surface area contributed by atoms with Crippen molar-refractivity contribution >= 4 is 11.7 Å². The van der Waals surface area contributed by atoms with Crippen molar-refractivity contribution in [1.82, 2.24) is 9.88 Å². The predicted octanol–water partition coefficient (Wildman–Crippen LogP) is 3.66. The average Bonchev–Trinajstić information content (AvgIpc) is 3.49. The summed E-state index contributed by atoms with van der Waals surface area (Å²) in [5, 5.41) is 0. The molecular formula is C22H27N3O. The Bertz CT molecular complexity index is 749. The molecule has 4 nitrogen and oxygen atoms in total. The Morgan fingerprint density at radius 2 is 1.77 bits per heavy atom. The highest BCUT2D eigenvalue weighted by molar-refractivity contribution is 5.83. The van der Waals surface area contributed by atoms with E-state index >= 15 is 0 Å². The van der Waals surface area contributed by atoms with Gasteiger partial charge in [-0.1, -0.05) is 44.2 Å². The van der Waals surface area contributed by atoms with Gasteiger partial charge >= 0.3 is 0 Å². The van der Waals surface area contributed by atoms with Gasteiger partial charge in [-0.15, -0.1) is 0 Å². The molecule has 2 aliphatic rings. The molecule has 1 aromatic heterocycles. The third-order valence-corrected chi connectivity index (χ3v) is 5.70. The first kappa shape index (κ1) is 17.1. The maximum absolute atomic E-state index is 12.9. The molecule has 1 saturated heterocycles. The summed E-state index contributed by atoms with van der Waals surface area (Å²) in [7, 11) is 0. The minimum absolute atomic E-state index is 0.182. The van der Waals surface area contributed by atoms with E-state index in [1.54, 1.807) is 0 Å². The van der Waals surface area contributed by atoms with Crippen LogP contribution in [0.25, 0.3) is 0 Å². The second-order valence-electron chi connectivity index (χ2n) is 7.77. The van der Waals surface area contributed by atoms with Crippen LogP contribution in [0, 0.1) is 5.92 Å². The van der Waals surface area contributed by atoms with Gasteiger partial charge < -0.3 is 9.80 Å². The highest BCUT2D eigenvalue weighted by Gasteiger charge is 2.46. The smallest absolute Gasteiger partial charge is 0.226 e.